The highest BCUT2D eigenvalue weighted by Gasteiger charge is 2.11. The Bertz CT molecular complexity index is 757. The van der Waals surface area contributed by atoms with Crippen molar-refractivity contribution in [3.8, 4) is 6.07 Å². The molecule has 3 rings (SSSR count). The summed E-state index contributed by atoms with van der Waals surface area (Å²) in [5.74, 6) is -0.411. The maximum Gasteiger partial charge on any atom is 0.126 e. The second-order valence-electron chi connectivity index (χ2n) is 4.66. The van der Waals surface area contributed by atoms with Gasteiger partial charge in [0.1, 0.15) is 5.82 Å². The minimum Gasteiger partial charge on any atom is -0.343 e. The van der Waals surface area contributed by atoms with E-state index >= 15 is 0 Å². The van der Waals surface area contributed by atoms with Crippen molar-refractivity contribution in [1.29, 1.82) is 5.26 Å². The smallest absolute Gasteiger partial charge is 0.126 e. The van der Waals surface area contributed by atoms with E-state index in [0.29, 0.717) is 17.8 Å². The Morgan fingerprint density at radius 1 is 1.24 bits per heavy atom. The lowest BCUT2D eigenvalue weighted by molar-refractivity contribution is 0.627. The van der Waals surface area contributed by atoms with Crippen molar-refractivity contribution in [2.24, 2.45) is 0 Å². The summed E-state index contributed by atoms with van der Waals surface area (Å²) in [6.07, 6.45) is 7.63. The molecule has 0 N–H and O–H groups in total. The van der Waals surface area contributed by atoms with Crippen molar-refractivity contribution >= 4 is 11.3 Å². The quantitative estimate of drug-likeness (QED) is 0.843. The molecule has 0 unspecified atom stereocenters. The van der Waals surface area contributed by atoms with Crippen molar-refractivity contribution in [3.63, 3.8) is 0 Å². The summed E-state index contributed by atoms with van der Waals surface area (Å²) in [6.45, 7) is 0.630. The first-order valence-corrected chi connectivity index (χ1v) is 6.53. The lowest BCUT2D eigenvalue weighted by atomic mass is 10.1. The predicted octanol–water partition coefficient (Wildman–Crippen LogP) is 3.51. The molecule has 2 aromatic rings. The minimum atomic E-state index is -0.411. The van der Waals surface area contributed by atoms with Crippen LogP contribution in [0.1, 0.15) is 11.3 Å². The first kappa shape index (κ1) is 13.1. The molecule has 4 heteroatoms. The molecule has 0 spiro atoms. The third kappa shape index (κ3) is 2.82. The van der Waals surface area contributed by atoms with Crippen LogP contribution in [0.3, 0.4) is 0 Å². The molecule has 0 saturated heterocycles. The van der Waals surface area contributed by atoms with Gasteiger partial charge >= 0.3 is 0 Å². The van der Waals surface area contributed by atoms with Crippen LogP contribution in [0.2, 0.25) is 0 Å². The van der Waals surface area contributed by atoms with Gasteiger partial charge < -0.3 is 4.90 Å². The standard InChI is InChI=1S/C17H12FN3/c18-15-8-13(11-19)9-16(10-15)21-7-3-4-14(12-21)17-5-1-2-6-20-17/h1-6,8-10,12H,7H2. The summed E-state index contributed by atoms with van der Waals surface area (Å²) in [6, 6.07) is 12.0. The van der Waals surface area contributed by atoms with Gasteiger partial charge in [0.05, 0.1) is 17.3 Å². The van der Waals surface area contributed by atoms with Crippen LogP contribution < -0.4 is 4.90 Å². The minimum absolute atomic E-state index is 0.312. The van der Waals surface area contributed by atoms with Crippen LogP contribution in [0, 0.1) is 17.1 Å². The summed E-state index contributed by atoms with van der Waals surface area (Å²) in [5.41, 5.74) is 2.77. The van der Waals surface area contributed by atoms with Crippen LogP contribution in [0.4, 0.5) is 10.1 Å². The van der Waals surface area contributed by atoms with E-state index < -0.39 is 5.82 Å². The first-order valence-electron chi connectivity index (χ1n) is 6.53. The summed E-state index contributed by atoms with van der Waals surface area (Å²) in [5, 5.41) is 8.94. The zero-order valence-electron chi connectivity index (χ0n) is 11.2. The lowest BCUT2D eigenvalue weighted by Gasteiger charge is -2.23. The number of pyridine rings is 1. The van der Waals surface area contributed by atoms with Crippen LogP contribution in [0.5, 0.6) is 0 Å². The number of aromatic nitrogens is 1. The molecule has 0 bridgehead atoms. The molecular formula is C17H12FN3. The molecule has 1 aliphatic heterocycles. The van der Waals surface area contributed by atoms with Crippen molar-refractivity contribution in [3.05, 3.63) is 78.0 Å². The third-order valence-electron chi connectivity index (χ3n) is 3.20. The van der Waals surface area contributed by atoms with Gasteiger partial charge in [-0.05, 0) is 30.3 Å². The van der Waals surface area contributed by atoms with Gasteiger partial charge in [0.25, 0.3) is 0 Å². The van der Waals surface area contributed by atoms with Crippen LogP contribution >= 0.6 is 0 Å². The van der Waals surface area contributed by atoms with Gasteiger partial charge in [-0.25, -0.2) is 4.39 Å². The summed E-state index contributed by atoms with van der Waals surface area (Å²) >= 11 is 0. The SMILES string of the molecule is N#Cc1cc(F)cc(N2C=C(c3ccccn3)C=CC2)c1. The van der Waals surface area contributed by atoms with Gasteiger partial charge in [0.2, 0.25) is 0 Å². The van der Waals surface area contributed by atoms with Gasteiger partial charge in [-0.1, -0.05) is 18.2 Å². The molecule has 1 aliphatic rings. The fourth-order valence-corrected chi connectivity index (χ4v) is 2.23. The normalized spacial score (nSPS) is 13.7. The van der Waals surface area contributed by atoms with E-state index in [9.17, 15) is 4.39 Å². The predicted molar refractivity (Wildman–Crippen MR) is 79.8 cm³/mol. The van der Waals surface area contributed by atoms with E-state index in [0.717, 1.165) is 11.3 Å². The van der Waals surface area contributed by atoms with Gasteiger partial charge in [-0.15, -0.1) is 0 Å². The van der Waals surface area contributed by atoms with Gasteiger partial charge in [0, 0.05) is 30.2 Å². The Kier molecular flexibility index (Phi) is 3.48. The Morgan fingerprint density at radius 2 is 2.14 bits per heavy atom. The second kappa shape index (κ2) is 5.59. The Labute approximate surface area is 122 Å². The summed E-state index contributed by atoms with van der Waals surface area (Å²) in [7, 11) is 0. The number of nitrogens with zero attached hydrogens (tertiary/aromatic N) is 3. The molecule has 1 aromatic carbocycles. The Hall–Kier alpha value is -2.93. The average molecular weight is 277 g/mol. The number of allylic oxidation sites excluding steroid dienone is 2. The number of halogens is 1. The number of rotatable bonds is 2. The molecule has 2 heterocycles. The van der Waals surface area contributed by atoms with E-state index in [1.165, 1.54) is 12.1 Å². The van der Waals surface area contributed by atoms with Gasteiger partial charge in [-0.3, -0.25) is 4.98 Å². The van der Waals surface area contributed by atoms with E-state index in [1.807, 2.05) is 47.5 Å². The van der Waals surface area contributed by atoms with Crippen molar-refractivity contribution < 1.29 is 4.39 Å². The fraction of sp³-hybridized carbons (Fsp3) is 0.0588. The molecule has 0 radical (unpaired) electrons. The summed E-state index contributed by atoms with van der Waals surface area (Å²) < 4.78 is 13.6. The maximum atomic E-state index is 13.6. The van der Waals surface area contributed by atoms with Crippen LogP contribution in [0.25, 0.3) is 5.57 Å². The Balaban J connectivity index is 1.97. The monoisotopic (exact) mass is 277 g/mol. The molecule has 21 heavy (non-hydrogen) atoms. The summed E-state index contributed by atoms with van der Waals surface area (Å²) in [4.78, 5) is 6.21. The van der Waals surface area contributed by atoms with Gasteiger partial charge in [0.15, 0.2) is 0 Å². The van der Waals surface area contributed by atoms with E-state index in [1.54, 1.807) is 12.3 Å². The van der Waals surface area contributed by atoms with Crippen molar-refractivity contribution in [2.75, 3.05) is 11.4 Å². The van der Waals surface area contributed by atoms with Crippen LogP contribution in [-0.2, 0) is 0 Å². The molecule has 0 fully saturated rings. The first-order chi connectivity index (χ1) is 10.3. The molecule has 102 valence electrons. The maximum absolute atomic E-state index is 13.6. The topological polar surface area (TPSA) is 39.9 Å². The number of hydrogen-bond acceptors (Lipinski definition) is 3. The van der Waals surface area contributed by atoms with Crippen LogP contribution in [0.15, 0.2) is 60.9 Å². The molecule has 0 saturated carbocycles. The van der Waals surface area contributed by atoms with Gasteiger partial charge in [-0.2, -0.15) is 5.26 Å². The van der Waals surface area contributed by atoms with E-state index in [4.69, 9.17) is 5.26 Å². The van der Waals surface area contributed by atoms with Crippen LogP contribution in [-0.4, -0.2) is 11.5 Å². The van der Waals surface area contributed by atoms with E-state index in [-0.39, 0.29) is 0 Å². The molecule has 0 aliphatic carbocycles. The number of hydrogen-bond donors (Lipinski definition) is 0. The largest absolute Gasteiger partial charge is 0.343 e. The fourth-order valence-electron chi connectivity index (χ4n) is 2.23. The molecule has 1 aromatic heterocycles. The highest BCUT2D eigenvalue weighted by atomic mass is 19.1. The number of nitriles is 1. The molecule has 0 atom stereocenters. The molecular weight excluding hydrogens is 265 g/mol. The van der Waals surface area contributed by atoms with Crippen molar-refractivity contribution in [1.82, 2.24) is 4.98 Å². The number of anilines is 1. The number of benzene rings is 1. The molecule has 3 nitrogen and oxygen atoms in total. The second-order valence-corrected chi connectivity index (χ2v) is 4.66. The Morgan fingerprint density at radius 3 is 2.90 bits per heavy atom. The lowest BCUT2D eigenvalue weighted by Crippen LogP contribution is -2.19. The third-order valence-corrected chi connectivity index (χ3v) is 3.20. The zero-order valence-corrected chi connectivity index (χ0v) is 11.2. The average Bonchev–Trinajstić information content (AvgIpc) is 2.55. The molecule has 0 amide bonds. The zero-order chi connectivity index (χ0) is 14.7. The van der Waals surface area contributed by atoms with Crippen molar-refractivity contribution in [2.45, 2.75) is 0 Å². The van der Waals surface area contributed by atoms with E-state index in [2.05, 4.69) is 4.98 Å². The highest BCUT2D eigenvalue weighted by molar-refractivity contribution is 5.76. The highest BCUT2D eigenvalue weighted by Crippen LogP contribution is 2.24.